The van der Waals surface area contributed by atoms with Gasteiger partial charge >= 0.3 is 0 Å². The Bertz CT molecular complexity index is 878. The maximum Gasteiger partial charge on any atom is 0.214 e. The minimum Gasteiger partial charge on any atom is -0.444 e. The Balaban J connectivity index is 1.67. The molecule has 8 heteroatoms. The second-order valence-corrected chi connectivity index (χ2v) is 6.56. The second-order valence-electron chi connectivity index (χ2n) is 5.64. The van der Waals surface area contributed by atoms with Crippen LogP contribution in [0.25, 0.3) is 5.65 Å². The van der Waals surface area contributed by atoms with E-state index in [4.69, 9.17) is 4.42 Å². The van der Waals surface area contributed by atoms with Crippen LogP contribution in [0.4, 0.5) is 0 Å². The Morgan fingerprint density at radius 3 is 2.80 bits per heavy atom. The van der Waals surface area contributed by atoms with Crippen LogP contribution in [0.3, 0.4) is 0 Å². The van der Waals surface area contributed by atoms with Gasteiger partial charge in [-0.2, -0.15) is 0 Å². The first-order valence-electron chi connectivity index (χ1n) is 8.13. The number of hydrogen-bond acceptors (Lipinski definition) is 4. The number of aromatic nitrogens is 3. The number of aliphatic imine (C=N–C) groups is 1. The predicted octanol–water partition coefficient (Wildman–Crippen LogP) is 2.96. The molecule has 7 nitrogen and oxygen atoms in total. The molecule has 0 unspecified atom stereocenters. The van der Waals surface area contributed by atoms with Crippen LogP contribution in [-0.2, 0) is 13.1 Å². The van der Waals surface area contributed by atoms with Crippen LogP contribution in [-0.4, -0.2) is 26.9 Å². The summed E-state index contributed by atoms with van der Waals surface area (Å²) in [6.07, 6.45) is 3.96. The highest BCUT2D eigenvalue weighted by molar-refractivity contribution is 9.10. The van der Waals surface area contributed by atoms with E-state index in [0.717, 1.165) is 33.8 Å². The summed E-state index contributed by atoms with van der Waals surface area (Å²) >= 11 is 3.46. The minimum atomic E-state index is 0.484. The normalized spacial score (nSPS) is 11.9. The largest absolute Gasteiger partial charge is 0.444 e. The van der Waals surface area contributed by atoms with Crippen LogP contribution in [0.5, 0.6) is 0 Å². The van der Waals surface area contributed by atoms with Crippen molar-refractivity contribution in [2.75, 3.05) is 6.54 Å². The van der Waals surface area contributed by atoms with Gasteiger partial charge in [-0.1, -0.05) is 0 Å². The SMILES string of the molecule is CCNC(=NCc1cn2cc(Br)ccc2n1)NCc1nc(C)c(C)o1. The number of guanidine groups is 1. The quantitative estimate of drug-likeness (QED) is 0.504. The van der Waals surface area contributed by atoms with E-state index < -0.39 is 0 Å². The van der Waals surface area contributed by atoms with Gasteiger partial charge in [-0.05, 0) is 48.8 Å². The van der Waals surface area contributed by atoms with Gasteiger partial charge < -0.3 is 19.5 Å². The third-order valence-corrected chi connectivity index (χ3v) is 4.16. The van der Waals surface area contributed by atoms with Crippen LogP contribution in [0.15, 0.2) is 38.4 Å². The molecule has 3 aromatic heterocycles. The van der Waals surface area contributed by atoms with E-state index >= 15 is 0 Å². The molecule has 2 N–H and O–H groups in total. The van der Waals surface area contributed by atoms with Gasteiger partial charge in [0.05, 0.1) is 24.5 Å². The van der Waals surface area contributed by atoms with Crippen LogP contribution >= 0.6 is 15.9 Å². The molecular weight excluding hydrogens is 384 g/mol. The van der Waals surface area contributed by atoms with Gasteiger partial charge in [-0.25, -0.2) is 15.0 Å². The lowest BCUT2D eigenvalue weighted by Crippen LogP contribution is -2.36. The van der Waals surface area contributed by atoms with Gasteiger partial charge in [0.1, 0.15) is 11.4 Å². The third kappa shape index (κ3) is 4.39. The van der Waals surface area contributed by atoms with E-state index in [0.29, 0.717) is 24.9 Å². The molecule has 0 bridgehead atoms. The van der Waals surface area contributed by atoms with Crippen molar-refractivity contribution in [1.29, 1.82) is 0 Å². The van der Waals surface area contributed by atoms with E-state index in [2.05, 4.69) is 41.5 Å². The molecule has 0 aromatic carbocycles. The molecular formula is C17H21BrN6O. The number of fused-ring (bicyclic) bond motifs is 1. The van der Waals surface area contributed by atoms with Gasteiger partial charge in [-0.15, -0.1) is 0 Å². The molecule has 3 rings (SSSR count). The van der Waals surface area contributed by atoms with Gasteiger partial charge in [0, 0.05) is 23.4 Å². The van der Waals surface area contributed by atoms with Gasteiger partial charge in [0.2, 0.25) is 5.89 Å². The van der Waals surface area contributed by atoms with Gasteiger partial charge in [0.15, 0.2) is 5.96 Å². The molecule has 0 aliphatic heterocycles. The molecule has 3 heterocycles. The summed E-state index contributed by atoms with van der Waals surface area (Å²) in [5.41, 5.74) is 2.71. The van der Waals surface area contributed by atoms with Gasteiger partial charge in [0.25, 0.3) is 0 Å². The molecule has 0 saturated heterocycles. The predicted molar refractivity (Wildman–Crippen MR) is 101 cm³/mol. The standard InChI is InChI=1S/C17H21BrN6O/c1-4-19-17(21-8-16-22-11(2)12(3)25-16)20-7-14-10-24-9-13(18)5-6-15(24)23-14/h5-6,9-10H,4,7-8H2,1-3H3,(H2,19,20,21). The fourth-order valence-corrected chi connectivity index (χ4v) is 2.72. The second kappa shape index (κ2) is 7.69. The third-order valence-electron chi connectivity index (χ3n) is 3.69. The lowest BCUT2D eigenvalue weighted by Gasteiger charge is -2.09. The zero-order valence-corrected chi connectivity index (χ0v) is 16.1. The first-order chi connectivity index (χ1) is 12.0. The summed E-state index contributed by atoms with van der Waals surface area (Å²) in [5, 5.41) is 6.45. The molecule has 132 valence electrons. The molecule has 25 heavy (non-hydrogen) atoms. The molecule has 0 atom stereocenters. The van der Waals surface area contributed by atoms with Crippen molar-refractivity contribution in [3.8, 4) is 0 Å². The first-order valence-corrected chi connectivity index (χ1v) is 8.92. The lowest BCUT2D eigenvalue weighted by molar-refractivity contribution is 0.463. The molecule has 0 spiro atoms. The summed E-state index contributed by atoms with van der Waals surface area (Å²) in [4.78, 5) is 13.5. The molecule has 0 amide bonds. The number of nitrogens with one attached hydrogen (secondary N) is 2. The van der Waals surface area contributed by atoms with Crippen molar-refractivity contribution in [3.05, 3.63) is 52.0 Å². The van der Waals surface area contributed by atoms with E-state index in [1.54, 1.807) is 0 Å². The van der Waals surface area contributed by atoms with Crippen LogP contribution < -0.4 is 10.6 Å². The zero-order valence-electron chi connectivity index (χ0n) is 14.5. The Morgan fingerprint density at radius 2 is 2.08 bits per heavy atom. The first kappa shape index (κ1) is 17.5. The summed E-state index contributed by atoms with van der Waals surface area (Å²) in [6, 6.07) is 3.94. The Labute approximate surface area is 154 Å². The zero-order chi connectivity index (χ0) is 17.8. The number of aryl methyl sites for hydroxylation is 2. The maximum absolute atomic E-state index is 5.58. The average Bonchev–Trinajstić information content (AvgIpc) is 3.12. The molecule has 0 radical (unpaired) electrons. The van der Waals surface area contributed by atoms with Crippen molar-refractivity contribution >= 4 is 27.5 Å². The fraction of sp³-hybridized carbons (Fsp3) is 0.353. The van der Waals surface area contributed by atoms with Crippen molar-refractivity contribution < 1.29 is 4.42 Å². The number of nitrogens with zero attached hydrogens (tertiary/aromatic N) is 4. The monoisotopic (exact) mass is 404 g/mol. The summed E-state index contributed by atoms with van der Waals surface area (Å²) < 4.78 is 8.57. The van der Waals surface area contributed by atoms with Crippen molar-refractivity contribution in [2.24, 2.45) is 4.99 Å². The maximum atomic E-state index is 5.58. The summed E-state index contributed by atoms with van der Waals surface area (Å²) in [5.74, 6) is 2.20. The summed E-state index contributed by atoms with van der Waals surface area (Å²) in [6.45, 7) is 7.61. The van der Waals surface area contributed by atoms with E-state index in [9.17, 15) is 0 Å². The van der Waals surface area contributed by atoms with Crippen molar-refractivity contribution in [3.63, 3.8) is 0 Å². The molecule has 3 aromatic rings. The highest BCUT2D eigenvalue weighted by Gasteiger charge is 2.07. The number of pyridine rings is 1. The number of hydrogen-bond donors (Lipinski definition) is 2. The van der Waals surface area contributed by atoms with Crippen molar-refractivity contribution in [1.82, 2.24) is 25.0 Å². The summed E-state index contributed by atoms with van der Waals surface area (Å²) in [7, 11) is 0. The number of halogens is 1. The number of imidazole rings is 1. The Kier molecular flexibility index (Phi) is 5.37. The average molecular weight is 405 g/mol. The molecule has 0 fully saturated rings. The van der Waals surface area contributed by atoms with Crippen LogP contribution in [0.1, 0.15) is 30.0 Å². The number of rotatable bonds is 5. The highest BCUT2D eigenvalue weighted by Crippen LogP contribution is 2.13. The van der Waals surface area contributed by atoms with Gasteiger partial charge in [-0.3, -0.25) is 0 Å². The van der Waals surface area contributed by atoms with Crippen LogP contribution in [0.2, 0.25) is 0 Å². The fourth-order valence-electron chi connectivity index (χ4n) is 2.37. The molecule has 0 aliphatic carbocycles. The van der Waals surface area contributed by atoms with E-state index in [1.807, 2.05) is 49.7 Å². The smallest absolute Gasteiger partial charge is 0.214 e. The van der Waals surface area contributed by atoms with Crippen molar-refractivity contribution in [2.45, 2.75) is 33.9 Å². The Morgan fingerprint density at radius 1 is 1.24 bits per heavy atom. The molecule has 0 saturated carbocycles. The Hall–Kier alpha value is -2.35. The molecule has 0 aliphatic rings. The lowest BCUT2D eigenvalue weighted by atomic mass is 10.4. The van der Waals surface area contributed by atoms with Crippen LogP contribution in [0, 0.1) is 13.8 Å². The highest BCUT2D eigenvalue weighted by atomic mass is 79.9. The van der Waals surface area contributed by atoms with E-state index in [-0.39, 0.29) is 0 Å². The number of oxazole rings is 1. The topological polar surface area (TPSA) is 79.8 Å². The minimum absolute atomic E-state index is 0.484. The van der Waals surface area contributed by atoms with E-state index in [1.165, 1.54) is 0 Å².